The zero-order valence-corrected chi connectivity index (χ0v) is 15.7. The monoisotopic (exact) mass is 401 g/mol. The van der Waals surface area contributed by atoms with Crippen LogP contribution in [0, 0.1) is 6.92 Å². The number of ether oxygens (including phenoxy) is 1. The lowest BCUT2D eigenvalue weighted by Gasteiger charge is -2.33. The average Bonchev–Trinajstić information content (AvgIpc) is 3.07. The molecule has 150 valence electrons. The van der Waals surface area contributed by atoms with Crippen LogP contribution in [0.25, 0.3) is 5.65 Å². The van der Waals surface area contributed by atoms with Crippen LogP contribution in [0.3, 0.4) is 0 Å². The fourth-order valence-electron chi connectivity index (χ4n) is 3.35. The summed E-state index contributed by atoms with van der Waals surface area (Å²) in [6, 6.07) is 9.47. The largest absolute Gasteiger partial charge is 0.495 e. The molecule has 1 aliphatic heterocycles. The standard InChI is InChI=1S/C20H18F3N5O/c1-12-3-5-13(6-4-12)28-15(9-25-10-16(28)24)18-19(20(21,22)23)26-17-8-7-14(29-2)11-27(17)18/h3-11,15H,24H2,1-2H3. The second-order valence-electron chi connectivity index (χ2n) is 6.64. The van der Waals surface area contributed by atoms with Gasteiger partial charge in [-0.2, -0.15) is 13.2 Å². The molecule has 0 aliphatic carbocycles. The highest BCUT2D eigenvalue weighted by Crippen LogP contribution is 2.39. The Morgan fingerprint density at radius 3 is 2.48 bits per heavy atom. The van der Waals surface area contributed by atoms with Gasteiger partial charge in [0.15, 0.2) is 5.69 Å². The Morgan fingerprint density at radius 2 is 1.83 bits per heavy atom. The highest BCUT2D eigenvalue weighted by Gasteiger charge is 2.42. The van der Waals surface area contributed by atoms with Crippen molar-refractivity contribution in [2.24, 2.45) is 10.7 Å². The van der Waals surface area contributed by atoms with Crippen molar-refractivity contribution < 1.29 is 17.9 Å². The summed E-state index contributed by atoms with van der Waals surface area (Å²) < 4.78 is 48.2. The molecule has 0 saturated heterocycles. The third-order valence-corrected chi connectivity index (χ3v) is 4.72. The molecule has 9 heteroatoms. The Morgan fingerprint density at radius 1 is 1.10 bits per heavy atom. The predicted octanol–water partition coefficient (Wildman–Crippen LogP) is 4.06. The molecule has 1 aliphatic rings. The van der Waals surface area contributed by atoms with Crippen molar-refractivity contribution in [3.8, 4) is 5.75 Å². The van der Waals surface area contributed by atoms with Crippen LogP contribution in [-0.2, 0) is 6.18 Å². The van der Waals surface area contributed by atoms with Crippen molar-refractivity contribution in [3.05, 3.63) is 71.6 Å². The number of anilines is 1. The highest BCUT2D eigenvalue weighted by atomic mass is 19.4. The minimum absolute atomic E-state index is 0.0909. The van der Waals surface area contributed by atoms with Crippen molar-refractivity contribution in [2.75, 3.05) is 12.0 Å². The van der Waals surface area contributed by atoms with Gasteiger partial charge in [0.2, 0.25) is 0 Å². The molecule has 6 nitrogen and oxygen atoms in total. The fraction of sp³-hybridized carbons (Fsp3) is 0.200. The van der Waals surface area contributed by atoms with Crippen molar-refractivity contribution in [1.82, 2.24) is 9.38 Å². The Balaban J connectivity index is 1.96. The molecule has 1 atom stereocenters. The van der Waals surface area contributed by atoms with E-state index in [-0.39, 0.29) is 17.2 Å². The van der Waals surface area contributed by atoms with Crippen LogP contribution in [0.4, 0.5) is 18.9 Å². The first-order chi connectivity index (χ1) is 13.8. The van der Waals surface area contributed by atoms with Gasteiger partial charge in [0.1, 0.15) is 23.3 Å². The predicted molar refractivity (Wildman–Crippen MR) is 104 cm³/mol. The molecule has 2 N–H and O–H groups in total. The van der Waals surface area contributed by atoms with E-state index in [0.717, 1.165) is 5.56 Å². The van der Waals surface area contributed by atoms with Gasteiger partial charge in [-0.1, -0.05) is 17.7 Å². The van der Waals surface area contributed by atoms with Gasteiger partial charge in [-0.3, -0.25) is 9.39 Å². The van der Waals surface area contributed by atoms with Crippen LogP contribution in [0.15, 0.2) is 59.6 Å². The molecule has 29 heavy (non-hydrogen) atoms. The van der Waals surface area contributed by atoms with Gasteiger partial charge in [0, 0.05) is 11.9 Å². The number of alkyl halides is 3. The summed E-state index contributed by atoms with van der Waals surface area (Å²) in [5.74, 6) is 0.635. The Kier molecular flexibility index (Phi) is 4.45. The number of hydrogen-bond donors (Lipinski definition) is 1. The van der Waals surface area contributed by atoms with E-state index in [1.165, 1.54) is 36.2 Å². The number of nitrogens with two attached hydrogens (primary N) is 1. The van der Waals surface area contributed by atoms with Crippen LogP contribution in [0.5, 0.6) is 5.75 Å². The number of halogens is 3. The molecule has 4 rings (SSSR count). The van der Waals surface area contributed by atoms with Gasteiger partial charge >= 0.3 is 6.18 Å². The second-order valence-corrected chi connectivity index (χ2v) is 6.64. The van der Waals surface area contributed by atoms with Crippen LogP contribution < -0.4 is 15.4 Å². The third kappa shape index (κ3) is 3.28. The molecular formula is C20H18F3N5O. The normalized spacial score (nSPS) is 16.9. The van der Waals surface area contributed by atoms with Gasteiger partial charge in [-0.25, -0.2) is 4.98 Å². The number of fused-ring (bicyclic) bond motifs is 1. The van der Waals surface area contributed by atoms with E-state index >= 15 is 0 Å². The number of aryl methyl sites for hydroxylation is 1. The zero-order valence-electron chi connectivity index (χ0n) is 15.7. The van der Waals surface area contributed by atoms with Crippen molar-refractivity contribution >= 4 is 17.5 Å². The number of aliphatic imine (C=N–C) groups is 1. The Hall–Kier alpha value is -3.49. The fourth-order valence-corrected chi connectivity index (χ4v) is 3.35. The van der Waals surface area contributed by atoms with Gasteiger partial charge < -0.3 is 15.4 Å². The maximum absolute atomic E-state index is 13.9. The SMILES string of the molecule is COc1ccc2nc(C(F)(F)F)c(C3C=NC=C(N)N3c3ccc(C)cc3)n2c1. The Bertz CT molecular complexity index is 1120. The van der Waals surface area contributed by atoms with Crippen LogP contribution in [-0.4, -0.2) is 22.7 Å². The molecule has 2 aromatic heterocycles. The van der Waals surface area contributed by atoms with Crippen molar-refractivity contribution in [1.29, 1.82) is 0 Å². The number of hydrogen-bond acceptors (Lipinski definition) is 5. The van der Waals surface area contributed by atoms with Gasteiger partial charge in [0.05, 0.1) is 25.2 Å². The molecular weight excluding hydrogens is 383 g/mol. The number of aromatic nitrogens is 2. The first-order valence-electron chi connectivity index (χ1n) is 8.77. The lowest BCUT2D eigenvalue weighted by molar-refractivity contribution is -0.141. The first-order valence-corrected chi connectivity index (χ1v) is 8.77. The van der Waals surface area contributed by atoms with E-state index in [9.17, 15) is 13.2 Å². The summed E-state index contributed by atoms with van der Waals surface area (Å²) in [5.41, 5.74) is 6.88. The lowest BCUT2D eigenvalue weighted by Crippen LogP contribution is -2.36. The molecule has 0 saturated carbocycles. The molecule has 1 aromatic carbocycles. The van der Waals surface area contributed by atoms with E-state index in [0.29, 0.717) is 11.4 Å². The quantitative estimate of drug-likeness (QED) is 0.719. The number of imidazole rings is 1. The van der Waals surface area contributed by atoms with E-state index in [1.807, 2.05) is 19.1 Å². The molecule has 0 radical (unpaired) electrons. The van der Waals surface area contributed by atoms with Crippen LogP contribution in [0.2, 0.25) is 0 Å². The molecule has 3 aromatic rings. The van der Waals surface area contributed by atoms with E-state index in [1.54, 1.807) is 23.1 Å². The van der Waals surface area contributed by atoms with E-state index in [4.69, 9.17) is 10.5 Å². The maximum atomic E-state index is 13.9. The summed E-state index contributed by atoms with van der Waals surface area (Å²) in [6.07, 6.45) is -0.346. The molecule has 3 heterocycles. The van der Waals surface area contributed by atoms with Crippen molar-refractivity contribution in [3.63, 3.8) is 0 Å². The number of rotatable bonds is 3. The van der Waals surface area contributed by atoms with Gasteiger partial charge in [-0.15, -0.1) is 0 Å². The van der Waals surface area contributed by atoms with Gasteiger partial charge in [-0.05, 0) is 31.2 Å². The number of pyridine rings is 1. The number of benzene rings is 1. The summed E-state index contributed by atoms with van der Waals surface area (Å²) in [4.78, 5) is 9.51. The molecule has 0 fully saturated rings. The summed E-state index contributed by atoms with van der Waals surface area (Å²) in [5, 5.41) is 0. The second kappa shape index (κ2) is 6.84. The van der Waals surface area contributed by atoms with Crippen LogP contribution >= 0.6 is 0 Å². The first kappa shape index (κ1) is 18.9. The number of methoxy groups -OCH3 is 1. The summed E-state index contributed by atoms with van der Waals surface area (Å²) >= 11 is 0. The minimum atomic E-state index is -4.66. The van der Waals surface area contributed by atoms with E-state index < -0.39 is 17.9 Å². The van der Waals surface area contributed by atoms with Gasteiger partial charge in [0.25, 0.3) is 0 Å². The minimum Gasteiger partial charge on any atom is -0.495 e. The lowest BCUT2D eigenvalue weighted by atomic mass is 10.1. The highest BCUT2D eigenvalue weighted by molar-refractivity contribution is 5.78. The topological polar surface area (TPSA) is 68.2 Å². The third-order valence-electron chi connectivity index (χ3n) is 4.72. The molecule has 1 unspecified atom stereocenters. The smallest absolute Gasteiger partial charge is 0.435 e. The number of nitrogens with zero attached hydrogens (tertiary/aromatic N) is 4. The Labute approximate surface area is 164 Å². The molecule has 0 amide bonds. The summed E-state index contributed by atoms with van der Waals surface area (Å²) in [6.45, 7) is 1.93. The average molecular weight is 401 g/mol. The van der Waals surface area contributed by atoms with Crippen molar-refractivity contribution in [2.45, 2.75) is 19.1 Å². The van der Waals surface area contributed by atoms with E-state index in [2.05, 4.69) is 9.98 Å². The molecule has 0 spiro atoms. The van der Waals surface area contributed by atoms with Crippen LogP contribution in [0.1, 0.15) is 23.0 Å². The maximum Gasteiger partial charge on any atom is 0.435 e. The summed E-state index contributed by atoms with van der Waals surface area (Å²) in [7, 11) is 1.45. The zero-order chi connectivity index (χ0) is 20.8. The molecule has 0 bridgehead atoms.